The smallest absolute Gasteiger partial charge is 0.190 e. The second-order valence-electron chi connectivity index (χ2n) is 4.67. The summed E-state index contributed by atoms with van der Waals surface area (Å²) in [4.78, 5) is 15.8. The second kappa shape index (κ2) is 5.77. The van der Waals surface area contributed by atoms with Crippen LogP contribution in [0.1, 0.15) is 38.1 Å². The van der Waals surface area contributed by atoms with Crippen molar-refractivity contribution >= 4 is 5.78 Å². The van der Waals surface area contributed by atoms with Gasteiger partial charge in [-0.05, 0) is 33.8 Å². The molecule has 94 valence electrons. The summed E-state index contributed by atoms with van der Waals surface area (Å²) >= 11 is 0. The van der Waals surface area contributed by atoms with E-state index >= 15 is 0 Å². The molecule has 4 nitrogen and oxygen atoms in total. The number of ether oxygens (including phenoxy) is 2. The summed E-state index contributed by atoms with van der Waals surface area (Å²) in [7, 11) is 0. The molecule has 0 unspecified atom stereocenters. The van der Waals surface area contributed by atoms with E-state index < -0.39 is 0 Å². The lowest BCUT2D eigenvalue weighted by molar-refractivity contribution is 0.00304. The Bertz CT molecular complexity index is 382. The fraction of sp³-hybridized carbons (Fsp3) is 0.538. The molecule has 1 aromatic rings. The Morgan fingerprint density at radius 1 is 1.35 bits per heavy atom. The maximum Gasteiger partial charge on any atom is 0.190 e. The fourth-order valence-electron chi connectivity index (χ4n) is 1.18. The first kappa shape index (κ1) is 13.6. The molecule has 0 radical (unpaired) electrons. The third kappa shape index (κ3) is 4.95. The number of carbonyl (C=O) groups excluding carboxylic acids is 1. The van der Waals surface area contributed by atoms with Crippen LogP contribution in [0.2, 0.25) is 0 Å². The van der Waals surface area contributed by atoms with Gasteiger partial charge >= 0.3 is 0 Å². The highest BCUT2D eigenvalue weighted by atomic mass is 16.5. The Morgan fingerprint density at radius 3 is 2.65 bits per heavy atom. The van der Waals surface area contributed by atoms with Crippen molar-refractivity contribution in [2.45, 2.75) is 33.3 Å². The molecule has 1 rings (SSSR count). The Kier molecular flexibility index (Phi) is 4.63. The highest BCUT2D eigenvalue weighted by Crippen LogP contribution is 2.13. The monoisotopic (exact) mass is 237 g/mol. The van der Waals surface area contributed by atoms with Crippen LogP contribution in [-0.2, 0) is 4.74 Å². The molecule has 0 fully saturated rings. The third-order valence-corrected chi connectivity index (χ3v) is 1.98. The molecule has 0 bridgehead atoms. The molecule has 0 saturated heterocycles. The first-order valence-electron chi connectivity index (χ1n) is 5.67. The molecule has 1 heterocycles. The van der Waals surface area contributed by atoms with E-state index in [9.17, 15) is 4.79 Å². The van der Waals surface area contributed by atoms with Crippen LogP contribution in [-0.4, -0.2) is 29.6 Å². The van der Waals surface area contributed by atoms with Crippen LogP contribution in [0.25, 0.3) is 0 Å². The van der Waals surface area contributed by atoms with Gasteiger partial charge in [0.25, 0.3) is 0 Å². The number of hydrogen-bond acceptors (Lipinski definition) is 4. The van der Waals surface area contributed by atoms with Crippen LogP contribution in [0.15, 0.2) is 18.5 Å². The largest absolute Gasteiger partial charge is 0.492 e. The average Bonchev–Trinajstić information content (AvgIpc) is 2.26. The van der Waals surface area contributed by atoms with E-state index in [2.05, 4.69) is 4.98 Å². The van der Waals surface area contributed by atoms with Crippen molar-refractivity contribution in [1.82, 2.24) is 4.98 Å². The Balaban J connectivity index is 2.65. The van der Waals surface area contributed by atoms with Gasteiger partial charge in [-0.1, -0.05) is 0 Å². The molecule has 0 aromatic carbocycles. The lowest BCUT2D eigenvalue weighted by Gasteiger charge is -2.18. The summed E-state index contributed by atoms with van der Waals surface area (Å²) in [6.45, 7) is 8.23. The van der Waals surface area contributed by atoms with Gasteiger partial charge in [-0.2, -0.15) is 0 Å². The van der Waals surface area contributed by atoms with Crippen molar-refractivity contribution in [2.75, 3.05) is 13.2 Å². The van der Waals surface area contributed by atoms with Crippen molar-refractivity contribution in [2.24, 2.45) is 0 Å². The Morgan fingerprint density at radius 2 is 2.06 bits per heavy atom. The molecule has 0 N–H and O–H groups in total. The number of carbonyl (C=O) groups is 1. The molecule has 0 aliphatic rings. The molecule has 0 saturated carbocycles. The Hall–Kier alpha value is -1.42. The first-order chi connectivity index (χ1) is 7.92. The van der Waals surface area contributed by atoms with Crippen LogP contribution >= 0.6 is 0 Å². The maximum atomic E-state index is 11.8. The number of ketones is 1. The highest BCUT2D eigenvalue weighted by molar-refractivity contribution is 5.97. The van der Waals surface area contributed by atoms with Crippen LogP contribution in [0, 0.1) is 0 Å². The zero-order chi connectivity index (χ0) is 12.9. The van der Waals surface area contributed by atoms with Crippen molar-refractivity contribution in [3.05, 3.63) is 24.0 Å². The van der Waals surface area contributed by atoms with Gasteiger partial charge in [0, 0.05) is 11.8 Å². The van der Waals surface area contributed by atoms with Gasteiger partial charge in [-0.3, -0.25) is 9.78 Å². The summed E-state index contributed by atoms with van der Waals surface area (Å²) in [5, 5.41) is 0. The quantitative estimate of drug-likeness (QED) is 0.738. The van der Waals surface area contributed by atoms with E-state index in [-0.39, 0.29) is 18.0 Å². The lowest BCUT2D eigenvalue weighted by Crippen LogP contribution is -2.23. The third-order valence-electron chi connectivity index (χ3n) is 1.98. The van der Waals surface area contributed by atoms with Crippen molar-refractivity contribution in [3.63, 3.8) is 0 Å². The Labute approximate surface area is 102 Å². The average molecular weight is 237 g/mol. The minimum Gasteiger partial charge on any atom is -0.492 e. The van der Waals surface area contributed by atoms with Crippen LogP contribution in [0.3, 0.4) is 0 Å². The van der Waals surface area contributed by atoms with Gasteiger partial charge in [-0.15, -0.1) is 0 Å². The summed E-state index contributed by atoms with van der Waals surface area (Å²) in [6.07, 6.45) is 3.11. The first-order valence-corrected chi connectivity index (χ1v) is 5.67. The molecule has 1 aromatic heterocycles. The predicted octanol–water partition coefficient (Wildman–Crippen LogP) is 2.48. The van der Waals surface area contributed by atoms with Crippen molar-refractivity contribution < 1.29 is 14.3 Å². The molecular weight excluding hydrogens is 218 g/mol. The molecule has 0 amide bonds. The maximum absolute atomic E-state index is 11.8. The van der Waals surface area contributed by atoms with E-state index in [1.54, 1.807) is 12.3 Å². The predicted molar refractivity (Wildman–Crippen MR) is 65.4 cm³/mol. The number of nitrogens with zero attached hydrogens (tertiary/aromatic N) is 1. The van der Waals surface area contributed by atoms with Gasteiger partial charge < -0.3 is 9.47 Å². The summed E-state index contributed by atoms with van der Waals surface area (Å²) in [5.74, 6) is 0.517. The lowest BCUT2D eigenvalue weighted by atomic mass is 10.1. The zero-order valence-corrected chi connectivity index (χ0v) is 10.8. The summed E-state index contributed by atoms with van der Waals surface area (Å²) in [5.41, 5.74) is 0.195. The van der Waals surface area contributed by atoms with E-state index in [1.165, 1.54) is 6.20 Å². The number of aromatic nitrogens is 1. The van der Waals surface area contributed by atoms with Gasteiger partial charge in [0.05, 0.1) is 18.4 Å². The van der Waals surface area contributed by atoms with Gasteiger partial charge in [0.2, 0.25) is 0 Å². The van der Waals surface area contributed by atoms with E-state index in [4.69, 9.17) is 9.47 Å². The summed E-state index contributed by atoms with van der Waals surface area (Å²) < 4.78 is 10.7. The van der Waals surface area contributed by atoms with Crippen LogP contribution in [0.4, 0.5) is 0 Å². The number of pyridine rings is 1. The number of rotatable bonds is 5. The molecule has 0 aliphatic carbocycles. The SMILES string of the molecule is CCOc1cncc(C(=O)COC(C)(C)C)c1. The molecular formula is C13H19NO3. The molecule has 0 aliphatic heterocycles. The standard InChI is InChI=1S/C13H19NO3/c1-5-16-11-6-10(7-14-8-11)12(15)9-17-13(2,3)4/h6-8H,5,9H2,1-4H3. The van der Waals surface area contributed by atoms with Crippen molar-refractivity contribution in [3.8, 4) is 5.75 Å². The minimum absolute atomic E-state index is 0.0563. The number of hydrogen-bond donors (Lipinski definition) is 0. The molecule has 17 heavy (non-hydrogen) atoms. The normalized spacial score (nSPS) is 11.3. The number of Topliss-reactive ketones (excluding diaryl/α,β-unsaturated/α-hetero) is 1. The summed E-state index contributed by atoms with van der Waals surface area (Å²) in [6, 6.07) is 1.69. The minimum atomic E-state index is -0.319. The van der Waals surface area contributed by atoms with Gasteiger partial charge in [0.1, 0.15) is 12.4 Å². The molecule has 4 heteroatoms. The topological polar surface area (TPSA) is 48.4 Å². The molecule has 0 atom stereocenters. The molecule has 0 spiro atoms. The van der Waals surface area contributed by atoms with E-state index in [1.807, 2.05) is 27.7 Å². The highest BCUT2D eigenvalue weighted by Gasteiger charge is 2.14. The van der Waals surface area contributed by atoms with Crippen LogP contribution in [0.5, 0.6) is 5.75 Å². The second-order valence-corrected chi connectivity index (χ2v) is 4.67. The van der Waals surface area contributed by atoms with Gasteiger partial charge in [-0.25, -0.2) is 0 Å². The zero-order valence-electron chi connectivity index (χ0n) is 10.8. The van der Waals surface area contributed by atoms with E-state index in [0.717, 1.165) is 0 Å². The van der Waals surface area contributed by atoms with Crippen molar-refractivity contribution in [1.29, 1.82) is 0 Å². The fourth-order valence-corrected chi connectivity index (χ4v) is 1.18. The van der Waals surface area contributed by atoms with Crippen LogP contribution < -0.4 is 4.74 Å². The van der Waals surface area contributed by atoms with E-state index in [0.29, 0.717) is 17.9 Å². The van der Waals surface area contributed by atoms with Gasteiger partial charge in [0.15, 0.2) is 5.78 Å².